The molecule has 4 aromatic rings. The number of benzene rings is 3. The van der Waals surface area contributed by atoms with Crippen molar-refractivity contribution in [2.24, 2.45) is 0 Å². The molecule has 0 radical (unpaired) electrons. The van der Waals surface area contributed by atoms with E-state index in [0.717, 1.165) is 26.6 Å². The Labute approximate surface area is 172 Å². The van der Waals surface area contributed by atoms with Gasteiger partial charge in [0.2, 0.25) is 5.62 Å². The second-order valence-electron chi connectivity index (χ2n) is 7.07. The quantitative estimate of drug-likeness (QED) is 0.465. The largest absolute Gasteiger partial charge is 0.387 e. The molecule has 1 unspecified atom stereocenters. The summed E-state index contributed by atoms with van der Waals surface area (Å²) in [4.78, 5) is 0. The molecule has 0 saturated heterocycles. The SMILES string of the molecule is Cc1ccc(Cn2c(=N)n(CC(O)c3cccc(Br)c3)c3ccccc32)cc1. The molecule has 4 rings (SSSR count). The molecule has 2 N–H and O–H groups in total. The number of rotatable bonds is 5. The monoisotopic (exact) mass is 435 g/mol. The second kappa shape index (κ2) is 7.78. The lowest BCUT2D eigenvalue weighted by Crippen LogP contribution is -2.27. The van der Waals surface area contributed by atoms with E-state index in [9.17, 15) is 5.11 Å². The third-order valence-corrected chi connectivity index (χ3v) is 5.52. The molecule has 3 aromatic carbocycles. The van der Waals surface area contributed by atoms with Gasteiger partial charge in [-0.1, -0.05) is 70.0 Å². The lowest BCUT2D eigenvalue weighted by Gasteiger charge is -2.13. The average Bonchev–Trinajstić information content (AvgIpc) is 2.95. The summed E-state index contributed by atoms with van der Waals surface area (Å²) in [7, 11) is 0. The van der Waals surface area contributed by atoms with Crippen LogP contribution < -0.4 is 5.62 Å². The van der Waals surface area contributed by atoms with Crippen molar-refractivity contribution in [3.05, 3.63) is 99.6 Å². The van der Waals surface area contributed by atoms with Gasteiger partial charge < -0.3 is 14.2 Å². The van der Waals surface area contributed by atoms with Gasteiger partial charge in [0.25, 0.3) is 0 Å². The first-order valence-corrected chi connectivity index (χ1v) is 10.0. The van der Waals surface area contributed by atoms with Crippen molar-refractivity contribution in [2.75, 3.05) is 0 Å². The maximum Gasteiger partial charge on any atom is 0.203 e. The first-order chi connectivity index (χ1) is 13.5. The summed E-state index contributed by atoms with van der Waals surface area (Å²) in [6.45, 7) is 3.03. The standard InChI is InChI=1S/C23H22BrN3O/c1-16-9-11-17(12-10-16)14-26-20-7-2-3-8-21(20)27(23(26)25)15-22(28)18-5-4-6-19(24)13-18/h2-13,22,25,28H,14-15H2,1H3. The Bertz CT molecular complexity index is 1170. The number of aryl methyl sites for hydroxylation is 1. The van der Waals surface area contributed by atoms with Gasteiger partial charge in [-0.25, -0.2) is 0 Å². The highest BCUT2D eigenvalue weighted by Crippen LogP contribution is 2.22. The van der Waals surface area contributed by atoms with E-state index in [-0.39, 0.29) is 0 Å². The molecule has 1 heterocycles. The topological polar surface area (TPSA) is 53.9 Å². The fourth-order valence-electron chi connectivity index (χ4n) is 3.51. The molecular weight excluding hydrogens is 414 g/mol. The highest BCUT2D eigenvalue weighted by atomic mass is 79.9. The predicted octanol–water partition coefficient (Wildman–Crippen LogP) is 4.78. The number of aromatic nitrogens is 2. The number of nitrogens with one attached hydrogen (secondary N) is 1. The molecule has 142 valence electrons. The van der Waals surface area contributed by atoms with Crippen molar-refractivity contribution >= 4 is 27.0 Å². The second-order valence-corrected chi connectivity index (χ2v) is 7.98. The number of aliphatic hydroxyl groups is 1. The number of fused-ring (bicyclic) bond motifs is 1. The van der Waals surface area contributed by atoms with E-state index in [1.807, 2.05) is 57.7 Å². The number of aliphatic hydroxyl groups excluding tert-OH is 1. The molecule has 0 aliphatic rings. The highest BCUT2D eigenvalue weighted by molar-refractivity contribution is 9.10. The molecule has 1 atom stereocenters. The van der Waals surface area contributed by atoms with E-state index >= 15 is 0 Å². The molecule has 4 nitrogen and oxygen atoms in total. The van der Waals surface area contributed by atoms with Crippen LogP contribution in [-0.4, -0.2) is 14.2 Å². The van der Waals surface area contributed by atoms with Crippen LogP contribution in [0.3, 0.4) is 0 Å². The molecule has 0 spiro atoms. The Morgan fingerprint density at radius 2 is 1.61 bits per heavy atom. The molecule has 0 saturated carbocycles. The molecule has 0 aliphatic carbocycles. The van der Waals surface area contributed by atoms with Crippen LogP contribution in [0.4, 0.5) is 0 Å². The van der Waals surface area contributed by atoms with E-state index in [2.05, 4.69) is 47.1 Å². The lowest BCUT2D eigenvalue weighted by atomic mass is 10.1. The summed E-state index contributed by atoms with van der Waals surface area (Å²) in [5.41, 5.74) is 5.54. The van der Waals surface area contributed by atoms with Crippen LogP contribution in [-0.2, 0) is 13.1 Å². The Balaban J connectivity index is 1.74. The summed E-state index contributed by atoms with van der Waals surface area (Å²) < 4.78 is 4.81. The molecule has 1 aromatic heterocycles. The van der Waals surface area contributed by atoms with Gasteiger partial charge in [0.05, 0.1) is 30.2 Å². The van der Waals surface area contributed by atoms with Crippen LogP contribution in [0.2, 0.25) is 0 Å². The van der Waals surface area contributed by atoms with Gasteiger partial charge in [0.1, 0.15) is 0 Å². The normalized spacial score (nSPS) is 12.4. The van der Waals surface area contributed by atoms with Crippen LogP contribution in [0.5, 0.6) is 0 Å². The number of hydrogen-bond donors (Lipinski definition) is 2. The highest BCUT2D eigenvalue weighted by Gasteiger charge is 2.15. The Morgan fingerprint density at radius 1 is 0.929 bits per heavy atom. The lowest BCUT2D eigenvalue weighted by molar-refractivity contribution is 0.155. The number of imidazole rings is 1. The van der Waals surface area contributed by atoms with Crippen molar-refractivity contribution in [1.82, 2.24) is 9.13 Å². The summed E-state index contributed by atoms with van der Waals surface area (Å²) in [6.07, 6.45) is -0.690. The summed E-state index contributed by atoms with van der Waals surface area (Å²) >= 11 is 3.46. The van der Waals surface area contributed by atoms with E-state index in [1.54, 1.807) is 0 Å². The minimum atomic E-state index is -0.690. The average molecular weight is 436 g/mol. The molecule has 0 bridgehead atoms. The Kier molecular flexibility index (Phi) is 5.20. The fraction of sp³-hybridized carbons (Fsp3) is 0.174. The maximum absolute atomic E-state index is 10.8. The molecule has 0 aliphatic heterocycles. The van der Waals surface area contributed by atoms with Crippen LogP contribution in [0.1, 0.15) is 22.8 Å². The van der Waals surface area contributed by atoms with Crippen molar-refractivity contribution in [1.29, 1.82) is 5.41 Å². The van der Waals surface area contributed by atoms with Gasteiger partial charge in [-0.05, 0) is 42.3 Å². The van der Waals surface area contributed by atoms with E-state index < -0.39 is 6.10 Å². The van der Waals surface area contributed by atoms with Crippen molar-refractivity contribution in [3.63, 3.8) is 0 Å². The van der Waals surface area contributed by atoms with Gasteiger partial charge >= 0.3 is 0 Å². The van der Waals surface area contributed by atoms with Gasteiger partial charge in [-0.2, -0.15) is 0 Å². The number of para-hydroxylation sites is 2. The first-order valence-electron chi connectivity index (χ1n) is 9.24. The molecule has 0 amide bonds. The maximum atomic E-state index is 10.8. The van der Waals surface area contributed by atoms with Crippen LogP contribution in [0.15, 0.2) is 77.3 Å². The summed E-state index contributed by atoms with van der Waals surface area (Å²) in [6, 6.07) is 24.1. The Hall–Kier alpha value is -2.63. The number of nitrogens with zero attached hydrogens (tertiary/aromatic N) is 2. The van der Waals surface area contributed by atoms with Gasteiger partial charge in [0, 0.05) is 4.47 Å². The number of hydrogen-bond acceptors (Lipinski definition) is 2. The molecule has 5 heteroatoms. The zero-order valence-electron chi connectivity index (χ0n) is 15.6. The fourth-order valence-corrected chi connectivity index (χ4v) is 3.92. The smallest absolute Gasteiger partial charge is 0.203 e. The predicted molar refractivity (Wildman–Crippen MR) is 115 cm³/mol. The summed E-state index contributed by atoms with van der Waals surface area (Å²) in [5.74, 6) is 0. The van der Waals surface area contributed by atoms with Crippen LogP contribution in [0, 0.1) is 12.3 Å². The third-order valence-electron chi connectivity index (χ3n) is 5.02. The van der Waals surface area contributed by atoms with Crippen molar-refractivity contribution < 1.29 is 5.11 Å². The minimum absolute atomic E-state index is 0.330. The van der Waals surface area contributed by atoms with Crippen LogP contribution in [0.25, 0.3) is 11.0 Å². The van der Waals surface area contributed by atoms with Gasteiger partial charge in [-0.3, -0.25) is 5.41 Å². The zero-order valence-corrected chi connectivity index (χ0v) is 17.2. The molecule has 0 fully saturated rings. The van der Waals surface area contributed by atoms with Crippen molar-refractivity contribution in [3.8, 4) is 0 Å². The van der Waals surface area contributed by atoms with E-state index in [4.69, 9.17) is 5.41 Å². The van der Waals surface area contributed by atoms with Gasteiger partial charge in [0.15, 0.2) is 0 Å². The van der Waals surface area contributed by atoms with Crippen molar-refractivity contribution in [2.45, 2.75) is 26.1 Å². The van der Waals surface area contributed by atoms with E-state index in [0.29, 0.717) is 18.7 Å². The summed E-state index contributed by atoms with van der Waals surface area (Å²) in [5, 5.41) is 19.5. The molecule has 28 heavy (non-hydrogen) atoms. The molecular formula is C23H22BrN3O. The van der Waals surface area contributed by atoms with Gasteiger partial charge in [-0.15, -0.1) is 0 Å². The third kappa shape index (κ3) is 3.68. The Morgan fingerprint density at radius 3 is 2.29 bits per heavy atom. The number of halogens is 1. The zero-order chi connectivity index (χ0) is 19.7. The van der Waals surface area contributed by atoms with Crippen LogP contribution >= 0.6 is 15.9 Å². The van der Waals surface area contributed by atoms with E-state index in [1.165, 1.54) is 5.56 Å². The minimum Gasteiger partial charge on any atom is -0.387 e. The first kappa shape index (κ1) is 18.7.